The lowest BCUT2D eigenvalue weighted by Gasteiger charge is -2.07. The molecule has 1 aromatic carbocycles. The molecule has 136 valence electrons. The van der Waals surface area contributed by atoms with Crippen LogP contribution in [0.1, 0.15) is 19.6 Å². The van der Waals surface area contributed by atoms with Crippen LogP contribution in [0.5, 0.6) is 5.75 Å². The van der Waals surface area contributed by atoms with Crippen molar-refractivity contribution in [2.45, 2.75) is 31.2 Å². The van der Waals surface area contributed by atoms with Gasteiger partial charge in [0.05, 0.1) is 17.4 Å². The van der Waals surface area contributed by atoms with Crippen LogP contribution in [-0.2, 0) is 4.79 Å². The van der Waals surface area contributed by atoms with Gasteiger partial charge in [-0.15, -0.1) is 10.2 Å². The van der Waals surface area contributed by atoms with Gasteiger partial charge >= 0.3 is 0 Å². The first-order chi connectivity index (χ1) is 12.6. The topological polar surface area (TPSA) is 103 Å². The van der Waals surface area contributed by atoms with Gasteiger partial charge in [0, 0.05) is 6.07 Å². The van der Waals surface area contributed by atoms with Crippen LogP contribution < -0.4 is 10.1 Å². The molecule has 2 heterocycles. The maximum Gasteiger partial charge on any atom is 0.277 e. The number of thioether (sulfide) groups is 1. The molecule has 26 heavy (non-hydrogen) atoms. The number of hydrogen-bond acceptors (Lipinski definition) is 8. The van der Waals surface area contributed by atoms with E-state index in [9.17, 15) is 4.79 Å². The number of para-hydroxylation sites is 1. The van der Waals surface area contributed by atoms with Crippen molar-refractivity contribution >= 4 is 23.5 Å². The second-order valence-electron chi connectivity index (χ2n) is 5.37. The molecule has 0 saturated heterocycles. The Kier molecular flexibility index (Phi) is 5.57. The van der Waals surface area contributed by atoms with E-state index in [4.69, 9.17) is 13.7 Å². The normalized spacial score (nSPS) is 12.0. The van der Waals surface area contributed by atoms with Crippen molar-refractivity contribution in [1.82, 2.24) is 15.4 Å². The molecule has 0 aliphatic rings. The van der Waals surface area contributed by atoms with E-state index in [-0.39, 0.29) is 5.91 Å². The van der Waals surface area contributed by atoms with Crippen LogP contribution in [0, 0.1) is 6.92 Å². The summed E-state index contributed by atoms with van der Waals surface area (Å²) in [5.74, 6) is 1.77. The number of carbonyl (C=O) groups excluding carboxylic acids is 1. The molecular weight excluding hydrogens is 356 g/mol. The summed E-state index contributed by atoms with van der Waals surface area (Å²) in [5, 5.41) is 14.3. The van der Waals surface area contributed by atoms with Crippen LogP contribution in [-0.4, -0.2) is 33.1 Å². The van der Waals surface area contributed by atoms with Gasteiger partial charge in [-0.25, -0.2) is 0 Å². The molecule has 2 aromatic heterocycles. The predicted molar refractivity (Wildman–Crippen MR) is 96.1 cm³/mol. The number of ether oxygens (including phenoxy) is 1. The van der Waals surface area contributed by atoms with Gasteiger partial charge < -0.3 is 19.0 Å². The number of amides is 1. The Morgan fingerprint density at radius 1 is 1.35 bits per heavy atom. The zero-order valence-electron chi connectivity index (χ0n) is 14.6. The fourth-order valence-electron chi connectivity index (χ4n) is 2.15. The number of rotatable bonds is 7. The molecule has 0 saturated carbocycles. The van der Waals surface area contributed by atoms with E-state index in [2.05, 4.69) is 20.7 Å². The van der Waals surface area contributed by atoms with Crippen molar-refractivity contribution < 1.29 is 18.5 Å². The van der Waals surface area contributed by atoms with Crippen molar-refractivity contribution in [1.29, 1.82) is 0 Å². The molecule has 1 unspecified atom stereocenters. The zero-order chi connectivity index (χ0) is 18.5. The summed E-state index contributed by atoms with van der Waals surface area (Å²) in [6.45, 7) is 5.93. The number of anilines is 1. The molecule has 1 N–H and O–H groups in total. The average Bonchev–Trinajstić information content (AvgIpc) is 3.25. The quantitative estimate of drug-likeness (QED) is 0.626. The predicted octanol–water partition coefficient (Wildman–Crippen LogP) is 3.55. The Morgan fingerprint density at radius 2 is 2.15 bits per heavy atom. The van der Waals surface area contributed by atoms with Crippen LogP contribution >= 0.6 is 11.8 Å². The Labute approximate surface area is 154 Å². The van der Waals surface area contributed by atoms with Crippen LogP contribution in [0.25, 0.3) is 11.5 Å². The monoisotopic (exact) mass is 374 g/mol. The standard InChI is InChI=1S/C17H18N4O4S/c1-4-23-13-8-6-5-7-12(13)16-19-20-17(24-16)26-11(3)15(22)18-14-9-10(2)25-21-14/h5-9,11H,4H2,1-3H3,(H,18,21,22). The van der Waals surface area contributed by atoms with Crippen LogP contribution in [0.15, 0.2) is 44.5 Å². The third-order valence-electron chi connectivity index (χ3n) is 3.35. The van der Waals surface area contributed by atoms with Gasteiger partial charge in [0.2, 0.25) is 5.91 Å². The smallest absolute Gasteiger partial charge is 0.277 e. The minimum atomic E-state index is -0.456. The molecule has 0 fully saturated rings. The van der Waals surface area contributed by atoms with Crippen molar-refractivity contribution in [3.63, 3.8) is 0 Å². The van der Waals surface area contributed by atoms with Crippen molar-refractivity contribution in [3.8, 4) is 17.2 Å². The minimum absolute atomic E-state index is 0.238. The molecule has 1 atom stereocenters. The largest absolute Gasteiger partial charge is 0.493 e. The third-order valence-corrected chi connectivity index (χ3v) is 4.28. The Bertz CT molecular complexity index is 892. The highest BCUT2D eigenvalue weighted by atomic mass is 32.2. The summed E-state index contributed by atoms with van der Waals surface area (Å²) in [5.41, 5.74) is 0.712. The summed E-state index contributed by atoms with van der Waals surface area (Å²) < 4.78 is 16.2. The van der Waals surface area contributed by atoms with Crippen LogP contribution in [0.2, 0.25) is 0 Å². The highest BCUT2D eigenvalue weighted by molar-refractivity contribution is 8.00. The molecule has 0 spiro atoms. The van der Waals surface area contributed by atoms with Crippen molar-refractivity contribution in [2.24, 2.45) is 0 Å². The lowest BCUT2D eigenvalue weighted by atomic mass is 10.2. The molecule has 9 heteroatoms. The van der Waals surface area contributed by atoms with E-state index >= 15 is 0 Å². The summed E-state index contributed by atoms with van der Waals surface area (Å²) in [6, 6.07) is 9.07. The molecule has 0 aliphatic heterocycles. The number of nitrogens with one attached hydrogen (secondary N) is 1. The highest BCUT2D eigenvalue weighted by Crippen LogP contribution is 2.31. The fraction of sp³-hybridized carbons (Fsp3) is 0.294. The van der Waals surface area contributed by atoms with E-state index in [0.29, 0.717) is 40.6 Å². The number of nitrogens with zero attached hydrogens (tertiary/aromatic N) is 3. The Balaban J connectivity index is 1.67. The first kappa shape index (κ1) is 18.0. The van der Waals surface area contributed by atoms with Gasteiger partial charge in [-0.2, -0.15) is 0 Å². The zero-order valence-corrected chi connectivity index (χ0v) is 15.4. The first-order valence-corrected chi connectivity index (χ1v) is 8.91. The van der Waals surface area contributed by atoms with E-state index in [1.165, 1.54) is 0 Å². The van der Waals surface area contributed by atoms with Gasteiger partial charge in [-0.05, 0) is 32.9 Å². The van der Waals surface area contributed by atoms with Crippen molar-refractivity contribution in [2.75, 3.05) is 11.9 Å². The molecule has 0 bridgehead atoms. The molecule has 0 radical (unpaired) electrons. The van der Waals surface area contributed by atoms with E-state index in [0.717, 1.165) is 11.8 Å². The summed E-state index contributed by atoms with van der Waals surface area (Å²) in [7, 11) is 0. The average molecular weight is 374 g/mol. The van der Waals surface area contributed by atoms with E-state index in [1.54, 1.807) is 19.9 Å². The first-order valence-electron chi connectivity index (χ1n) is 8.03. The molecule has 3 aromatic rings. The SMILES string of the molecule is CCOc1ccccc1-c1nnc(SC(C)C(=O)Nc2cc(C)on2)o1. The molecular formula is C17H18N4O4S. The van der Waals surface area contributed by atoms with Gasteiger partial charge in [0.1, 0.15) is 11.5 Å². The van der Waals surface area contributed by atoms with Crippen LogP contribution in [0.4, 0.5) is 5.82 Å². The number of aromatic nitrogens is 3. The third kappa shape index (κ3) is 4.23. The fourth-order valence-corrected chi connectivity index (χ4v) is 2.83. The van der Waals surface area contributed by atoms with E-state index in [1.807, 2.05) is 31.2 Å². The highest BCUT2D eigenvalue weighted by Gasteiger charge is 2.20. The Hall–Kier alpha value is -2.81. The van der Waals surface area contributed by atoms with E-state index < -0.39 is 5.25 Å². The molecule has 8 nitrogen and oxygen atoms in total. The summed E-state index contributed by atoms with van der Waals surface area (Å²) >= 11 is 1.16. The molecule has 3 rings (SSSR count). The van der Waals surface area contributed by atoms with Crippen molar-refractivity contribution in [3.05, 3.63) is 36.1 Å². The number of aryl methyl sites for hydroxylation is 1. The molecule has 1 amide bonds. The van der Waals surface area contributed by atoms with Crippen LogP contribution in [0.3, 0.4) is 0 Å². The maximum absolute atomic E-state index is 12.2. The van der Waals surface area contributed by atoms with Gasteiger partial charge in [-0.3, -0.25) is 4.79 Å². The lowest BCUT2D eigenvalue weighted by molar-refractivity contribution is -0.115. The number of carbonyl (C=O) groups is 1. The number of hydrogen-bond donors (Lipinski definition) is 1. The van der Waals surface area contributed by atoms with Gasteiger partial charge in [-0.1, -0.05) is 29.1 Å². The summed E-state index contributed by atoms with van der Waals surface area (Å²) in [4.78, 5) is 12.2. The van der Waals surface area contributed by atoms with Gasteiger partial charge in [0.15, 0.2) is 5.82 Å². The lowest BCUT2D eigenvalue weighted by Crippen LogP contribution is -2.22. The second-order valence-corrected chi connectivity index (χ2v) is 6.67. The number of benzene rings is 1. The minimum Gasteiger partial charge on any atom is -0.493 e. The second kappa shape index (κ2) is 8.05. The molecule has 0 aliphatic carbocycles. The maximum atomic E-state index is 12.2. The van der Waals surface area contributed by atoms with Gasteiger partial charge in [0.25, 0.3) is 11.1 Å². The summed E-state index contributed by atoms with van der Waals surface area (Å²) in [6.07, 6.45) is 0. The Morgan fingerprint density at radius 3 is 2.88 bits per heavy atom.